The van der Waals surface area contributed by atoms with Gasteiger partial charge in [-0.1, -0.05) is 78.9 Å². The summed E-state index contributed by atoms with van der Waals surface area (Å²) >= 11 is 1.38. The second kappa shape index (κ2) is 19.5. The molecular weight excluding hydrogens is 747 g/mol. The summed E-state index contributed by atoms with van der Waals surface area (Å²) in [5, 5.41) is 25.5. The number of piperazine rings is 1. The molecule has 2 aliphatic rings. The topological polar surface area (TPSA) is 181 Å². The second-order valence-electron chi connectivity index (χ2n) is 15.9. The Morgan fingerprint density at radius 3 is 2.12 bits per heavy atom. The monoisotopic (exact) mass is 801 g/mol. The molecule has 306 valence electrons. The standard InChI is InChI=1S/C42H55N7O7S/c1-41(2,3)47-36(52)32-27-49(40(55)56-31-19-13-8-14-20-31)22-21-48(32)26-30(50)25-44-38(54)35-42(4,5)57-39(46-35)34(37(53)43-24-29-17-11-7-12-18-29)45-33(51)23-28-15-9-6-10-16-28/h6-20,30,32,34-35,39,46,50H,21-27H2,1-5H3,(H,43,53)(H,44,54)(H,45,51)(H,47,52)/t30-,32-,34?,35-,39+/m0/s1. The molecule has 0 radical (unpaired) electrons. The molecule has 0 aliphatic carbocycles. The summed E-state index contributed by atoms with van der Waals surface area (Å²) in [6.45, 7) is 10.2. The number of hydrogen-bond acceptors (Lipinski definition) is 10. The van der Waals surface area contributed by atoms with Crippen molar-refractivity contribution in [1.29, 1.82) is 0 Å². The van der Waals surface area contributed by atoms with Crippen LogP contribution in [-0.4, -0.2) is 117 Å². The largest absolute Gasteiger partial charge is 0.415 e. The fourth-order valence-electron chi connectivity index (χ4n) is 6.75. The second-order valence-corrected chi connectivity index (χ2v) is 17.7. The van der Waals surface area contributed by atoms with Crippen LogP contribution in [0.2, 0.25) is 0 Å². The molecule has 2 heterocycles. The first kappa shape index (κ1) is 43.2. The number of nitrogens with zero attached hydrogens (tertiary/aromatic N) is 2. The summed E-state index contributed by atoms with van der Waals surface area (Å²) < 4.78 is 4.82. The first-order valence-electron chi connectivity index (χ1n) is 19.2. The lowest BCUT2D eigenvalue weighted by atomic mass is 10.0. The average Bonchev–Trinajstić information content (AvgIpc) is 3.50. The van der Waals surface area contributed by atoms with Crippen LogP contribution < -0.4 is 31.3 Å². The normalized spacial score (nSPS) is 20.5. The Hall–Kier alpha value is -4.96. The lowest BCUT2D eigenvalue weighted by Crippen LogP contribution is -2.63. The highest BCUT2D eigenvalue weighted by atomic mass is 32.2. The van der Waals surface area contributed by atoms with E-state index in [1.807, 2.05) is 106 Å². The third-order valence-electron chi connectivity index (χ3n) is 9.59. The van der Waals surface area contributed by atoms with Crippen LogP contribution in [0.15, 0.2) is 91.0 Å². The molecule has 14 nitrogen and oxygen atoms in total. The van der Waals surface area contributed by atoms with Crippen LogP contribution in [0, 0.1) is 0 Å². The minimum absolute atomic E-state index is 0.0490. The summed E-state index contributed by atoms with van der Waals surface area (Å²) in [6, 6.07) is 24.8. The van der Waals surface area contributed by atoms with Gasteiger partial charge in [-0.25, -0.2) is 4.79 Å². The van der Waals surface area contributed by atoms with E-state index >= 15 is 0 Å². The zero-order valence-corrected chi connectivity index (χ0v) is 34.0. The average molecular weight is 802 g/mol. The zero-order valence-electron chi connectivity index (χ0n) is 33.2. The zero-order chi connectivity index (χ0) is 41.2. The van der Waals surface area contributed by atoms with Gasteiger partial charge in [-0.2, -0.15) is 0 Å². The van der Waals surface area contributed by atoms with Crippen LogP contribution in [0.5, 0.6) is 5.75 Å². The van der Waals surface area contributed by atoms with Crippen molar-refractivity contribution < 1.29 is 33.8 Å². The number of amides is 5. The number of hydrogen-bond donors (Lipinski definition) is 6. The molecule has 0 bridgehead atoms. The third kappa shape index (κ3) is 12.8. The maximum atomic E-state index is 13.7. The van der Waals surface area contributed by atoms with Gasteiger partial charge < -0.3 is 36.0 Å². The van der Waals surface area contributed by atoms with Crippen LogP contribution in [0.4, 0.5) is 4.79 Å². The number of rotatable bonds is 14. The van der Waals surface area contributed by atoms with Crippen LogP contribution in [0.1, 0.15) is 45.7 Å². The van der Waals surface area contributed by atoms with Gasteiger partial charge in [-0.15, -0.1) is 11.8 Å². The van der Waals surface area contributed by atoms with Crippen molar-refractivity contribution in [2.45, 2.75) is 87.5 Å². The van der Waals surface area contributed by atoms with Crippen molar-refractivity contribution in [1.82, 2.24) is 36.4 Å². The van der Waals surface area contributed by atoms with Gasteiger partial charge in [0.25, 0.3) is 0 Å². The van der Waals surface area contributed by atoms with Gasteiger partial charge in [0, 0.05) is 49.6 Å². The van der Waals surface area contributed by atoms with Crippen molar-refractivity contribution in [2.24, 2.45) is 0 Å². The van der Waals surface area contributed by atoms with Crippen molar-refractivity contribution in [3.05, 3.63) is 102 Å². The van der Waals surface area contributed by atoms with E-state index in [-0.39, 0.29) is 63.4 Å². The van der Waals surface area contributed by atoms with Gasteiger partial charge in [0.1, 0.15) is 23.9 Å². The van der Waals surface area contributed by atoms with E-state index in [1.165, 1.54) is 16.7 Å². The highest BCUT2D eigenvalue weighted by molar-refractivity contribution is 8.01. The number of carbonyl (C=O) groups is 5. The summed E-state index contributed by atoms with van der Waals surface area (Å²) in [6.07, 6.45) is -1.54. The first-order valence-corrected chi connectivity index (χ1v) is 20.1. The van der Waals surface area contributed by atoms with Gasteiger partial charge in [-0.3, -0.25) is 29.4 Å². The Morgan fingerprint density at radius 1 is 0.877 bits per heavy atom. The highest BCUT2D eigenvalue weighted by Gasteiger charge is 2.49. The summed E-state index contributed by atoms with van der Waals surface area (Å²) in [5.74, 6) is -1.01. The molecule has 57 heavy (non-hydrogen) atoms. The molecule has 0 saturated carbocycles. The molecule has 1 unspecified atom stereocenters. The van der Waals surface area contributed by atoms with Gasteiger partial charge in [0.2, 0.25) is 23.6 Å². The first-order chi connectivity index (χ1) is 27.1. The third-order valence-corrected chi connectivity index (χ3v) is 11.1. The number of para-hydroxylation sites is 1. The fraction of sp³-hybridized carbons (Fsp3) is 0.452. The summed E-state index contributed by atoms with van der Waals surface area (Å²) in [4.78, 5) is 70.5. The maximum absolute atomic E-state index is 13.7. The minimum atomic E-state index is -1.05. The number of thioether (sulfide) groups is 1. The van der Waals surface area contributed by atoms with E-state index in [0.29, 0.717) is 5.75 Å². The molecule has 6 N–H and O–H groups in total. The van der Waals surface area contributed by atoms with E-state index in [1.54, 1.807) is 24.3 Å². The quantitative estimate of drug-likeness (QED) is 0.142. The van der Waals surface area contributed by atoms with Crippen LogP contribution in [-0.2, 0) is 32.1 Å². The molecule has 15 heteroatoms. The van der Waals surface area contributed by atoms with Gasteiger partial charge >= 0.3 is 6.09 Å². The van der Waals surface area contributed by atoms with Gasteiger partial charge in [0.05, 0.1) is 17.9 Å². The molecule has 0 spiro atoms. The molecule has 2 aliphatic heterocycles. The number of ether oxygens (including phenoxy) is 1. The SMILES string of the molecule is CC(C)(C)NC(=O)[C@@H]1CN(C(=O)Oc2ccccc2)CCN1C[C@@H](O)CNC(=O)[C@@H]1N[C@@H](C(NC(=O)Cc2ccccc2)C(=O)NCc2ccccc2)SC1(C)C. The van der Waals surface area contributed by atoms with E-state index in [9.17, 15) is 29.1 Å². The Labute approximate surface area is 338 Å². The maximum Gasteiger partial charge on any atom is 0.415 e. The number of nitrogens with one attached hydrogen (secondary N) is 5. The smallest absolute Gasteiger partial charge is 0.410 e. The van der Waals surface area contributed by atoms with Crippen LogP contribution in [0.25, 0.3) is 0 Å². The minimum Gasteiger partial charge on any atom is -0.410 e. The van der Waals surface area contributed by atoms with Crippen molar-refractivity contribution >= 4 is 41.5 Å². The van der Waals surface area contributed by atoms with E-state index in [2.05, 4.69) is 26.6 Å². The molecule has 3 aromatic carbocycles. The van der Waals surface area contributed by atoms with Crippen LogP contribution in [0.3, 0.4) is 0 Å². The molecule has 5 rings (SSSR count). The molecule has 0 aromatic heterocycles. The van der Waals surface area contributed by atoms with Gasteiger partial charge in [0.15, 0.2) is 0 Å². The Balaban J connectivity index is 1.20. The van der Waals surface area contributed by atoms with Crippen molar-refractivity contribution in [3.8, 4) is 5.75 Å². The Bertz CT molecular complexity index is 1830. The van der Waals surface area contributed by atoms with Crippen molar-refractivity contribution in [3.63, 3.8) is 0 Å². The molecule has 2 saturated heterocycles. The predicted molar refractivity (Wildman–Crippen MR) is 219 cm³/mol. The lowest BCUT2D eigenvalue weighted by molar-refractivity contribution is -0.131. The lowest BCUT2D eigenvalue weighted by Gasteiger charge is -2.41. The number of β-amino-alcohol motifs (C(OH)–C–C–N with tert-alkyl or cyclic N) is 1. The number of carbonyl (C=O) groups excluding carboxylic acids is 5. The van der Waals surface area contributed by atoms with Gasteiger partial charge in [-0.05, 0) is 57.9 Å². The van der Waals surface area contributed by atoms with Crippen molar-refractivity contribution in [2.75, 3.05) is 32.7 Å². The number of aliphatic hydroxyl groups excluding tert-OH is 1. The van der Waals surface area contributed by atoms with E-state index < -0.39 is 51.9 Å². The Kier molecular flexibility index (Phi) is 14.7. The van der Waals surface area contributed by atoms with E-state index in [4.69, 9.17) is 4.74 Å². The molecule has 5 amide bonds. The molecule has 5 atom stereocenters. The highest BCUT2D eigenvalue weighted by Crippen LogP contribution is 2.39. The molecule has 2 fully saturated rings. The molecule has 3 aromatic rings. The molecular formula is C42H55N7O7S. The fourth-order valence-corrected chi connectivity index (χ4v) is 8.24. The Morgan fingerprint density at radius 2 is 1.49 bits per heavy atom. The van der Waals surface area contributed by atoms with Crippen LogP contribution >= 0.6 is 11.8 Å². The number of benzene rings is 3. The summed E-state index contributed by atoms with van der Waals surface area (Å²) in [7, 11) is 0. The number of aliphatic hydroxyl groups is 1. The van der Waals surface area contributed by atoms with E-state index in [0.717, 1.165) is 11.1 Å². The predicted octanol–water partition coefficient (Wildman–Crippen LogP) is 2.42. The summed E-state index contributed by atoms with van der Waals surface area (Å²) in [5.41, 5.74) is 1.16.